The van der Waals surface area contributed by atoms with Crippen LogP contribution in [0.25, 0.3) is 28.0 Å². The van der Waals surface area contributed by atoms with Gasteiger partial charge in [0.25, 0.3) is 5.91 Å². The second-order valence-corrected chi connectivity index (χ2v) is 6.49. The van der Waals surface area contributed by atoms with E-state index in [1.807, 2.05) is 31.2 Å². The maximum absolute atomic E-state index is 12.1. The molecule has 8 nitrogen and oxygen atoms in total. The lowest BCUT2D eigenvalue weighted by Gasteiger charge is -2.09. The summed E-state index contributed by atoms with van der Waals surface area (Å²) in [5.74, 6) is -0.221. The number of rotatable bonds is 6. The van der Waals surface area contributed by atoms with Crippen molar-refractivity contribution >= 4 is 16.8 Å². The number of aromatic nitrogens is 5. The number of aliphatic hydroxyl groups excluding tert-OH is 1. The van der Waals surface area contributed by atoms with Gasteiger partial charge in [0.05, 0.1) is 23.5 Å². The Balaban J connectivity index is 1.52. The van der Waals surface area contributed by atoms with Gasteiger partial charge in [0, 0.05) is 17.5 Å². The molecule has 0 spiro atoms. The van der Waals surface area contributed by atoms with Gasteiger partial charge in [-0.2, -0.15) is 5.10 Å². The van der Waals surface area contributed by atoms with Crippen LogP contribution in [0.15, 0.2) is 54.7 Å². The van der Waals surface area contributed by atoms with Gasteiger partial charge in [-0.15, -0.1) is 5.10 Å². The summed E-state index contributed by atoms with van der Waals surface area (Å²) in [6.07, 6.45) is 1.86. The molecule has 0 aliphatic heterocycles. The number of hydrogen-bond donors (Lipinski definition) is 3. The first-order valence-corrected chi connectivity index (χ1v) is 9.08. The van der Waals surface area contributed by atoms with E-state index in [0.29, 0.717) is 17.7 Å². The van der Waals surface area contributed by atoms with Gasteiger partial charge in [-0.1, -0.05) is 30.3 Å². The number of benzene rings is 2. The molecule has 28 heavy (non-hydrogen) atoms. The number of fused-ring (bicyclic) bond motifs is 1. The molecule has 3 N–H and O–H groups in total. The highest BCUT2D eigenvalue weighted by molar-refractivity contribution is 5.94. The van der Waals surface area contributed by atoms with Gasteiger partial charge >= 0.3 is 0 Å². The zero-order chi connectivity index (χ0) is 19.5. The van der Waals surface area contributed by atoms with Crippen molar-refractivity contribution in [3.8, 4) is 17.1 Å². The third-order valence-electron chi connectivity index (χ3n) is 4.57. The van der Waals surface area contributed by atoms with E-state index in [1.54, 1.807) is 35.1 Å². The summed E-state index contributed by atoms with van der Waals surface area (Å²) < 4.78 is 1.64. The van der Waals surface area contributed by atoms with Gasteiger partial charge in [-0.05, 0) is 36.8 Å². The summed E-state index contributed by atoms with van der Waals surface area (Å²) in [5.41, 5.74) is 3.64. The van der Waals surface area contributed by atoms with Crippen LogP contribution in [0.3, 0.4) is 0 Å². The lowest BCUT2D eigenvalue weighted by atomic mass is 10.1. The van der Waals surface area contributed by atoms with Crippen molar-refractivity contribution in [2.45, 2.75) is 19.4 Å². The van der Waals surface area contributed by atoms with E-state index in [1.165, 1.54) is 0 Å². The lowest BCUT2D eigenvalue weighted by molar-refractivity contribution is 0.0914. The maximum Gasteiger partial charge on any atom is 0.251 e. The van der Waals surface area contributed by atoms with Crippen molar-refractivity contribution < 1.29 is 9.90 Å². The third kappa shape index (κ3) is 3.49. The summed E-state index contributed by atoms with van der Waals surface area (Å²) >= 11 is 0. The first kappa shape index (κ1) is 17.9. The molecule has 2 aromatic heterocycles. The number of H-pyrrole nitrogens is 1. The van der Waals surface area contributed by atoms with E-state index in [-0.39, 0.29) is 12.5 Å². The largest absolute Gasteiger partial charge is 0.391 e. The molecule has 0 unspecified atom stereocenters. The van der Waals surface area contributed by atoms with Gasteiger partial charge in [0.15, 0.2) is 0 Å². The van der Waals surface area contributed by atoms with E-state index in [0.717, 1.165) is 22.3 Å². The summed E-state index contributed by atoms with van der Waals surface area (Å²) in [4.78, 5) is 12.1. The number of hydrogen-bond acceptors (Lipinski definition) is 5. The quantitative estimate of drug-likeness (QED) is 0.478. The molecule has 4 aromatic rings. The first-order chi connectivity index (χ1) is 13.7. The summed E-state index contributed by atoms with van der Waals surface area (Å²) in [6, 6.07) is 14.9. The van der Waals surface area contributed by atoms with Crippen LogP contribution in [0, 0.1) is 0 Å². The fourth-order valence-corrected chi connectivity index (χ4v) is 2.88. The minimum atomic E-state index is -0.532. The van der Waals surface area contributed by atoms with Crippen LogP contribution in [0.1, 0.15) is 23.7 Å². The first-order valence-electron chi connectivity index (χ1n) is 9.08. The highest BCUT2D eigenvalue weighted by atomic mass is 16.3. The lowest BCUT2D eigenvalue weighted by Crippen LogP contribution is -2.31. The molecule has 2 aromatic carbocycles. The molecule has 0 fully saturated rings. The molecule has 0 radical (unpaired) electrons. The van der Waals surface area contributed by atoms with E-state index < -0.39 is 6.10 Å². The second kappa shape index (κ2) is 7.61. The molecule has 4 rings (SSSR count). The number of nitrogens with zero attached hydrogens (tertiary/aromatic N) is 4. The number of para-hydroxylation sites is 1. The van der Waals surface area contributed by atoms with Crippen LogP contribution in [0.5, 0.6) is 0 Å². The second-order valence-electron chi connectivity index (χ2n) is 6.49. The van der Waals surface area contributed by atoms with Crippen LogP contribution in [-0.4, -0.2) is 48.9 Å². The maximum atomic E-state index is 12.1. The normalized spacial score (nSPS) is 12.2. The van der Waals surface area contributed by atoms with Crippen molar-refractivity contribution in [1.29, 1.82) is 0 Å². The van der Waals surface area contributed by atoms with Crippen molar-refractivity contribution in [2.75, 3.05) is 6.54 Å². The highest BCUT2D eigenvalue weighted by Gasteiger charge is 2.13. The molecule has 8 heteroatoms. The number of aromatic amines is 1. The molecule has 1 atom stereocenters. The Morgan fingerprint density at radius 2 is 2.00 bits per heavy atom. The summed E-state index contributed by atoms with van der Waals surface area (Å²) in [6.45, 7) is 2.10. The molecule has 0 saturated heterocycles. The Morgan fingerprint density at radius 3 is 2.79 bits per heavy atom. The van der Waals surface area contributed by atoms with Gasteiger partial charge in [0.2, 0.25) is 0 Å². The summed E-state index contributed by atoms with van der Waals surface area (Å²) in [7, 11) is 0. The topological polar surface area (TPSA) is 109 Å². The number of nitrogens with one attached hydrogen (secondary N) is 2. The summed E-state index contributed by atoms with van der Waals surface area (Å²) in [5, 5.41) is 29.0. The van der Waals surface area contributed by atoms with Crippen molar-refractivity contribution in [3.05, 3.63) is 60.3 Å². The zero-order valence-corrected chi connectivity index (χ0v) is 15.3. The van der Waals surface area contributed by atoms with Gasteiger partial charge < -0.3 is 10.4 Å². The average molecular weight is 376 g/mol. The van der Waals surface area contributed by atoms with E-state index in [4.69, 9.17) is 0 Å². The zero-order valence-electron chi connectivity index (χ0n) is 15.3. The van der Waals surface area contributed by atoms with E-state index >= 15 is 0 Å². The van der Waals surface area contributed by atoms with Crippen molar-refractivity contribution in [1.82, 2.24) is 30.5 Å². The molecule has 0 bridgehead atoms. The van der Waals surface area contributed by atoms with Gasteiger partial charge in [-0.25, -0.2) is 4.68 Å². The average Bonchev–Trinajstić information content (AvgIpc) is 3.38. The molecule has 1 amide bonds. The predicted molar refractivity (Wildman–Crippen MR) is 105 cm³/mol. The number of carbonyl (C=O) groups excluding carboxylic acids is 1. The van der Waals surface area contributed by atoms with Gasteiger partial charge in [-0.3, -0.25) is 9.89 Å². The van der Waals surface area contributed by atoms with Crippen molar-refractivity contribution in [2.24, 2.45) is 0 Å². The Kier molecular flexibility index (Phi) is 4.86. The molecular weight excluding hydrogens is 356 g/mol. The molecular formula is C20H20N6O2. The van der Waals surface area contributed by atoms with E-state index in [9.17, 15) is 9.90 Å². The van der Waals surface area contributed by atoms with Crippen LogP contribution < -0.4 is 5.32 Å². The van der Waals surface area contributed by atoms with Crippen LogP contribution >= 0.6 is 0 Å². The Labute approximate surface area is 161 Å². The molecule has 142 valence electrons. The SMILES string of the molecule is CC[C@@H](O)CNC(=O)c1ccc(-n2cc(-c3n[nH]c4ccccc34)nn2)cc1. The minimum Gasteiger partial charge on any atom is -0.391 e. The number of amides is 1. The smallest absolute Gasteiger partial charge is 0.251 e. The third-order valence-corrected chi connectivity index (χ3v) is 4.57. The number of aliphatic hydroxyl groups is 1. The van der Waals surface area contributed by atoms with Gasteiger partial charge in [0.1, 0.15) is 11.4 Å². The molecule has 2 heterocycles. The fourth-order valence-electron chi connectivity index (χ4n) is 2.88. The molecule has 0 saturated carbocycles. The molecule has 0 aliphatic rings. The van der Waals surface area contributed by atoms with Crippen molar-refractivity contribution in [3.63, 3.8) is 0 Å². The Bertz CT molecular complexity index is 1100. The van der Waals surface area contributed by atoms with Crippen LogP contribution in [-0.2, 0) is 0 Å². The highest BCUT2D eigenvalue weighted by Crippen LogP contribution is 2.24. The molecule has 0 aliphatic carbocycles. The number of carbonyl (C=O) groups is 1. The predicted octanol–water partition coefficient (Wildman–Crippen LogP) is 2.31. The van der Waals surface area contributed by atoms with Crippen LogP contribution in [0.4, 0.5) is 0 Å². The van der Waals surface area contributed by atoms with E-state index in [2.05, 4.69) is 25.8 Å². The minimum absolute atomic E-state index is 0.221. The fraction of sp³-hybridized carbons (Fsp3) is 0.200. The monoisotopic (exact) mass is 376 g/mol. The van der Waals surface area contributed by atoms with Crippen LogP contribution in [0.2, 0.25) is 0 Å². The Morgan fingerprint density at radius 1 is 1.21 bits per heavy atom. The Hall–Kier alpha value is -3.52. The standard InChI is InChI=1S/C20H20N6O2/c1-2-15(27)11-21-20(28)13-7-9-14(10-8-13)26-12-18(23-25-26)19-16-5-3-4-6-17(16)22-24-19/h3-10,12,15,27H,2,11H2,1H3,(H,21,28)(H,22,24)/t15-/m1/s1.